The molecule has 0 radical (unpaired) electrons. The molecule has 1 saturated heterocycles. The SMILES string of the molecule is CN(C)Cc1c(OCC2CC2)ccc2c(CCC3CCN(Cc4ccccc4)CC3)noc12. The molecule has 0 bridgehead atoms. The summed E-state index contributed by atoms with van der Waals surface area (Å²) in [5, 5.41) is 5.67. The van der Waals surface area contributed by atoms with E-state index in [0.29, 0.717) is 0 Å². The van der Waals surface area contributed by atoms with Gasteiger partial charge in [0.05, 0.1) is 17.9 Å². The monoisotopic (exact) mass is 447 g/mol. The number of aryl methyl sites for hydroxylation is 1. The van der Waals surface area contributed by atoms with Crippen molar-refractivity contribution in [2.45, 2.75) is 51.6 Å². The molecule has 0 atom stereocenters. The Balaban J connectivity index is 1.19. The zero-order chi connectivity index (χ0) is 22.6. The molecular formula is C28H37N3O2. The van der Waals surface area contributed by atoms with Crippen LogP contribution in [-0.4, -0.2) is 48.7 Å². The summed E-state index contributed by atoms with van der Waals surface area (Å²) in [5.41, 5.74) is 4.56. The standard InChI is InChI=1S/C28H37N3O2/c1-30(2)19-25-27(32-20-23-8-9-23)13-11-24-26(29-33-28(24)25)12-10-21-14-16-31(17-15-21)18-22-6-4-3-5-7-22/h3-7,11,13,21,23H,8-10,12,14-20H2,1-2H3. The molecular weight excluding hydrogens is 410 g/mol. The van der Waals surface area contributed by atoms with E-state index in [0.717, 1.165) is 65.9 Å². The number of aromatic nitrogens is 1. The van der Waals surface area contributed by atoms with Crippen molar-refractivity contribution < 1.29 is 9.26 Å². The minimum atomic E-state index is 0.734. The molecule has 0 unspecified atom stereocenters. The molecule has 1 saturated carbocycles. The van der Waals surface area contributed by atoms with Gasteiger partial charge in [-0.25, -0.2) is 0 Å². The highest BCUT2D eigenvalue weighted by atomic mass is 16.5. The van der Waals surface area contributed by atoms with Crippen LogP contribution in [-0.2, 0) is 19.5 Å². The van der Waals surface area contributed by atoms with Crippen LogP contribution in [0.3, 0.4) is 0 Å². The second kappa shape index (κ2) is 10.3. The molecule has 2 aromatic carbocycles. The van der Waals surface area contributed by atoms with E-state index in [2.05, 4.69) is 71.5 Å². The lowest BCUT2D eigenvalue weighted by molar-refractivity contribution is 0.172. The lowest BCUT2D eigenvalue weighted by Gasteiger charge is -2.31. The summed E-state index contributed by atoms with van der Waals surface area (Å²) in [6.45, 7) is 5.06. The lowest BCUT2D eigenvalue weighted by Crippen LogP contribution is -2.33. The second-order valence-electron chi connectivity index (χ2n) is 10.3. The molecule has 1 aromatic heterocycles. The minimum Gasteiger partial charge on any atom is -0.493 e. The van der Waals surface area contributed by atoms with E-state index in [-0.39, 0.29) is 0 Å². The number of nitrogens with zero attached hydrogens (tertiary/aromatic N) is 3. The first kappa shape index (κ1) is 22.4. The molecule has 2 aliphatic rings. The third kappa shape index (κ3) is 5.77. The zero-order valence-electron chi connectivity index (χ0n) is 20.1. The summed E-state index contributed by atoms with van der Waals surface area (Å²) in [6.07, 6.45) is 7.30. The molecule has 33 heavy (non-hydrogen) atoms. The van der Waals surface area contributed by atoms with E-state index in [1.165, 1.54) is 50.8 Å². The van der Waals surface area contributed by atoms with E-state index in [4.69, 9.17) is 9.26 Å². The van der Waals surface area contributed by atoms with Crippen LogP contribution in [0.25, 0.3) is 11.0 Å². The van der Waals surface area contributed by atoms with Gasteiger partial charge < -0.3 is 14.2 Å². The predicted molar refractivity (Wildman–Crippen MR) is 132 cm³/mol. The van der Waals surface area contributed by atoms with Gasteiger partial charge in [0.15, 0.2) is 5.58 Å². The van der Waals surface area contributed by atoms with Crippen LogP contribution in [0.1, 0.15) is 48.9 Å². The second-order valence-corrected chi connectivity index (χ2v) is 10.3. The fourth-order valence-electron chi connectivity index (χ4n) is 4.98. The summed E-state index contributed by atoms with van der Waals surface area (Å²) in [7, 11) is 4.18. The van der Waals surface area contributed by atoms with Crippen LogP contribution >= 0.6 is 0 Å². The molecule has 176 valence electrons. The molecule has 1 aliphatic carbocycles. The average molecular weight is 448 g/mol. The first-order valence-electron chi connectivity index (χ1n) is 12.6. The molecule has 3 aromatic rings. The fourth-order valence-corrected chi connectivity index (χ4v) is 4.98. The number of piperidine rings is 1. The van der Waals surface area contributed by atoms with E-state index in [1.54, 1.807) is 0 Å². The summed E-state index contributed by atoms with van der Waals surface area (Å²) >= 11 is 0. The van der Waals surface area contributed by atoms with Crippen molar-refractivity contribution in [2.24, 2.45) is 11.8 Å². The number of hydrogen-bond acceptors (Lipinski definition) is 5. The first-order valence-corrected chi connectivity index (χ1v) is 12.6. The summed E-state index contributed by atoms with van der Waals surface area (Å²) in [6, 6.07) is 15.1. The first-order chi connectivity index (χ1) is 16.2. The topological polar surface area (TPSA) is 41.7 Å². The van der Waals surface area contributed by atoms with E-state index in [1.807, 2.05) is 0 Å². The Bertz CT molecular complexity index is 1030. The van der Waals surface area contributed by atoms with Crippen molar-refractivity contribution in [3.8, 4) is 5.75 Å². The van der Waals surface area contributed by atoms with Crippen LogP contribution in [0.15, 0.2) is 47.0 Å². The number of hydrogen-bond donors (Lipinski definition) is 0. The number of benzene rings is 2. The van der Waals surface area contributed by atoms with Crippen LogP contribution in [0, 0.1) is 11.8 Å². The molecule has 0 N–H and O–H groups in total. The van der Waals surface area contributed by atoms with Crippen molar-refractivity contribution in [3.05, 3.63) is 59.3 Å². The van der Waals surface area contributed by atoms with Gasteiger partial charge in [0, 0.05) is 18.5 Å². The third-order valence-corrected chi connectivity index (χ3v) is 7.17. The molecule has 5 rings (SSSR count). The Morgan fingerprint density at radius 1 is 1.00 bits per heavy atom. The van der Waals surface area contributed by atoms with Crippen molar-refractivity contribution in [2.75, 3.05) is 33.8 Å². The van der Waals surface area contributed by atoms with E-state index in [9.17, 15) is 0 Å². The maximum Gasteiger partial charge on any atom is 0.175 e. The largest absolute Gasteiger partial charge is 0.493 e. The quantitative estimate of drug-likeness (QED) is 0.409. The maximum atomic E-state index is 6.17. The third-order valence-electron chi connectivity index (χ3n) is 7.17. The molecule has 2 fully saturated rings. The van der Waals surface area contributed by atoms with E-state index >= 15 is 0 Å². The maximum absolute atomic E-state index is 6.17. The van der Waals surface area contributed by atoms with Gasteiger partial charge in [-0.2, -0.15) is 0 Å². The van der Waals surface area contributed by atoms with Gasteiger partial charge >= 0.3 is 0 Å². The van der Waals surface area contributed by atoms with E-state index < -0.39 is 0 Å². The molecule has 2 heterocycles. The summed E-state index contributed by atoms with van der Waals surface area (Å²) in [5.74, 6) is 2.46. The van der Waals surface area contributed by atoms with Gasteiger partial charge in [0.25, 0.3) is 0 Å². The van der Waals surface area contributed by atoms with Gasteiger partial charge in [0.1, 0.15) is 5.75 Å². The normalized spacial score (nSPS) is 17.8. The highest BCUT2D eigenvalue weighted by Gasteiger charge is 2.24. The van der Waals surface area contributed by atoms with Crippen molar-refractivity contribution in [1.29, 1.82) is 0 Å². The molecule has 0 spiro atoms. The number of likely N-dealkylation sites (tertiary alicyclic amines) is 1. The lowest BCUT2D eigenvalue weighted by atomic mass is 9.91. The Hall–Kier alpha value is -2.37. The van der Waals surface area contributed by atoms with Crippen molar-refractivity contribution in [3.63, 3.8) is 0 Å². The van der Waals surface area contributed by atoms with Crippen LogP contribution in [0.2, 0.25) is 0 Å². The smallest absolute Gasteiger partial charge is 0.175 e. The molecule has 0 amide bonds. The van der Waals surface area contributed by atoms with Crippen LogP contribution < -0.4 is 4.74 Å². The minimum absolute atomic E-state index is 0.734. The Morgan fingerprint density at radius 2 is 1.79 bits per heavy atom. The number of fused-ring (bicyclic) bond motifs is 1. The molecule has 5 nitrogen and oxygen atoms in total. The Labute approximate surface area is 197 Å². The fraction of sp³-hybridized carbons (Fsp3) is 0.536. The van der Waals surface area contributed by atoms with Gasteiger partial charge in [-0.15, -0.1) is 0 Å². The van der Waals surface area contributed by atoms with Gasteiger partial charge in [-0.3, -0.25) is 4.90 Å². The highest BCUT2D eigenvalue weighted by Crippen LogP contribution is 2.35. The average Bonchev–Trinajstić information content (AvgIpc) is 3.56. The van der Waals surface area contributed by atoms with Gasteiger partial charge in [-0.05, 0) is 95.2 Å². The zero-order valence-corrected chi connectivity index (χ0v) is 20.1. The van der Waals surface area contributed by atoms with Crippen LogP contribution in [0.5, 0.6) is 5.75 Å². The predicted octanol–water partition coefficient (Wildman–Crippen LogP) is 5.52. The number of ether oxygens (including phenoxy) is 1. The molecule has 5 heteroatoms. The Morgan fingerprint density at radius 3 is 2.52 bits per heavy atom. The summed E-state index contributed by atoms with van der Waals surface area (Å²) in [4.78, 5) is 4.76. The van der Waals surface area contributed by atoms with Crippen molar-refractivity contribution >= 4 is 11.0 Å². The van der Waals surface area contributed by atoms with Crippen LogP contribution in [0.4, 0.5) is 0 Å². The molecule has 1 aliphatic heterocycles. The van der Waals surface area contributed by atoms with Crippen molar-refractivity contribution in [1.82, 2.24) is 15.0 Å². The van der Waals surface area contributed by atoms with Gasteiger partial charge in [0.2, 0.25) is 0 Å². The van der Waals surface area contributed by atoms with Gasteiger partial charge in [-0.1, -0.05) is 35.5 Å². The highest BCUT2D eigenvalue weighted by molar-refractivity contribution is 5.84. The summed E-state index contributed by atoms with van der Waals surface area (Å²) < 4.78 is 12.1. The Kier molecular flexibility index (Phi) is 6.98. The number of rotatable bonds is 10.